The molecule has 0 amide bonds. The summed E-state index contributed by atoms with van der Waals surface area (Å²) in [5, 5.41) is 27.4. The molecule has 33 heavy (non-hydrogen) atoms. The van der Waals surface area contributed by atoms with E-state index in [2.05, 4.69) is 32.0 Å². The topological polar surface area (TPSA) is 112 Å². The predicted molar refractivity (Wildman–Crippen MR) is 129 cm³/mol. The fraction of sp³-hybridized carbons (Fsp3) is 0.261. The first kappa shape index (κ1) is 21.2. The molecule has 0 radical (unpaired) electrons. The Balaban J connectivity index is 1.55. The largest absolute Gasteiger partial charge is 0.394 e. The number of aromatic nitrogens is 5. The molecule has 4 aromatic heterocycles. The Hall–Kier alpha value is -3.68. The summed E-state index contributed by atoms with van der Waals surface area (Å²) < 4.78 is 15.5. The van der Waals surface area contributed by atoms with Crippen molar-refractivity contribution in [3.05, 3.63) is 54.7 Å². The van der Waals surface area contributed by atoms with Gasteiger partial charge in [0.05, 0.1) is 36.6 Å². The highest BCUT2D eigenvalue weighted by atomic mass is 32.2. The van der Waals surface area contributed by atoms with E-state index in [0.29, 0.717) is 42.2 Å². The van der Waals surface area contributed by atoms with E-state index in [-0.39, 0.29) is 6.61 Å². The van der Waals surface area contributed by atoms with Gasteiger partial charge in [0.25, 0.3) is 0 Å². The first-order valence-corrected chi connectivity index (χ1v) is 12.6. The quantitative estimate of drug-likeness (QED) is 0.450. The van der Waals surface area contributed by atoms with Crippen molar-refractivity contribution in [2.24, 2.45) is 0 Å². The molecule has 168 valence electrons. The highest BCUT2D eigenvalue weighted by molar-refractivity contribution is 8.00. The minimum Gasteiger partial charge on any atom is -0.394 e. The normalized spacial score (nSPS) is 15.6. The van der Waals surface area contributed by atoms with Crippen LogP contribution in [0.1, 0.15) is 5.56 Å². The summed E-state index contributed by atoms with van der Waals surface area (Å²) >= 11 is 0. The number of nitrogens with zero attached hydrogens (tertiary/aromatic N) is 7. The number of anilines is 1. The Kier molecular flexibility index (Phi) is 5.36. The molecule has 0 bridgehead atoms. The second-order valence-corrected chi connectivity index (χ2v) is 10.8. The van der Waals surface area contributed by atoms with Crippen molar-refractivity contribution in [1.82, 2.24) is 24.4 Å². The number of fused-ring (bicyclic) bond motifs is 1. The molecule has 4 aromatic rings. The highest BCUT2D eigenvalue weighted by Crippen LogP contribution is 2.32. The van der Waals surface area contributed by atoms with Crippen LogP contribution in [0.25, 0.3) is 27.8 Å². The van der Waals surface area contributed by atoms with Gasteiger partial charge in [0, 0.05) is 65.4 Å². The van der Waals surface area contributed by atoms with E-state index >= 15 is 0 Å². The summed E-state index contributed by atoms with van der Waals surface area (Å²) in [5.41, 5.74) is 4.68. The lowest BCUT2D eigenvalue weighted by molar-refractivity contribution is 0.269. The lowest BCUT2D eigenvalue weighted by Gasteiger charge is -2.29. The summed E-state index contributed by atoms with van der Waals surface area (Å²) in [7, 11) is -1.96. The van der Waals surface area contributed by atoms with Gasteiger partial charge in [-0.3, -0.25) is 8.89 Å². The summed E-state index contributed by atoms with van der Waals surface area (Å²) in [4.78, 5) is 6.78. The van der Waals surface area contributed by atoms with Crippen LogP contribution in [0.15, 0.2) is 49.2 Å². The fourth-order valence-electron chi connectivity index (χ4n) is 4.05. The van der Waals surface area contributed by atoms with Crippen molar-refractivity contribution in [1.29, 1.82) is 5.26 Å². The molecule has 1 saturated heterocycles. The van der Waals surface area contributed by atoms with Crippen molar-refractivity contribution in [3.63, 3.8) is 0 Å². The Morgan fingerprint density at radius 2 is 1.91 bits per heavy atom. The summed E-state index contributed by atoms with van der Waals surface area (Å²) in [6.45, 7) is 1.78. The van der Waals surface area contributed by atoms with E-state index < -0.39 is 9.52 Å². The summed E-state index contributed by atoms with van der Waals surface area (Å²) in [6.07, 6.45) is 8.84. The average Bonchev–Trinajstić information content (AvgIpc) is 3.46. The van der Waals surface area contributed by atoms with Crippen molar-refractivity contribution in [2.75, 3.05) is 36.1 Å². The molecule has 0 aliphatic carbocycles. The van der Waals surface area contributed by atoms with Crippen molar-refractivity contribution >= 4 is 26.7 Å². The molecule has 1 N–H and O–H groups in total. The zero-order chi connectivity index (χ0) is 23.0. The van der Waals surface area contributed by atoms with Gasteiger partial charge in [-0.1, -0.05) is 0 Å². The van der Waals surface area contributed by atoms with E-state index in [0.717, 1.165) is 28.1 Å². The van der Waals surface area contributed by atoms with Gasteiger partial charge in [-0.05, 0) is 33.6 Å². The van der Waals surface area contributed by atoms with Gasteiger partial charge in [0.1, 0.15) is 11.9 Å². The second-order valence-electron chi connectivity index (χ2n) is 8.09. The zero-order valence-electron chi connectivity index (χ0n) is 18.0. The van der Waals surface area contributed by atoms with E-state index in [1.165, 1.54) is 0 Å². The van der Waals surface area contributed by atoms with Crippen molar-refractivity contribution in [3.8, 4) is 28.3 Å². The molecule has 0 aromatic carbocycles. The van der Waals surface area contributed by atoms with Crippen molar-refractivity contribution < 1.29 is 9.32 Å². The van der Waals surface area contributed by atoms with Crippen LogP contribution < -0.4 is 4.90 Å². The first-order chi connectivity index (χ1) is 16.0. The lowest BCUT2D eigenvalue weighted by Crippen LogP contribution is -2.40. The van der Waals surface area contributed by atoms with E-state index in [1.54, 1.807) is 27.8 Å². The Morgan fingerprint density at radius 1 is 1.09 bits per heavy atom. The monoisotopic (exact) mass is 461 g/mol. The number of hydrogen-bond donors (Lipinski definition) is 1. The van der Waals surface area contributed by atoms with Gasteiger partial charge in [-0.15, -0.1) is 0 Å². The van der Waals surface area contributed by atoms with Crippen LogP contribution in [0.2, 0.25) is 0 Å². The molecule has 9 nitrogen and oxygen atoms in total. The van der Waals surface area contributed by atoms with Gasteiger partial charge in [-0.25, -0.2) is 9.50 Å². The van der Waals surface area contributed by atoms with E-state index in [9.17, 15) is 14.6 Å². The van der Waals surface area contributed by atoms with Crippen LogP contribution in [0.5, 0.6) is 0 Å². The maximum absolute atomic E-state index is 12.2. The fourth-order valence-corrected chi connectivity index (χ4v) is 5.36. The minimum absolute atomic E-state index is 0.0109. The second kappa shape index (κ2) is 8.35. The third-order valence-corrected chi connectivity index (χ3v) is 7.73. The Morgan fingerprint density at radius 3 is 2.61 bits per heavy atom. The third-order valence-electron chi connectivity index (χ3n) is 5.88. The molecule has 1 fully saturated rings. The molecule has 5 heterocycles. The molecular formula is C23H23N7O2S. The number of pyridine rings is 2. The van der Waals surface area contributed by atoms with Gasteiger partial charge >= 0.3 is 0 Å². The molecule has 1 aliphatic heterocycles. The van der Waals surface area contributed by atoms with Crippen LogP contribution in [0, 0.1) is 11.3 Å². The average molecular weight is 462 g/mol. The summed E-state index contributed by atoms with van der Waals surface area (Å²) in [5.74, 6) is 5.81. The molecule has 0 saturated carbocycles. The standard InChI is InChI=1S/C23H23N7O2S/c1-33(32)8-5-28(6-9-33)22-3-2-17(12-25-22)21-10-18(20-14-26-29(15-20)4-7-31)16-30-23(21)19(11-24)13-27-30/h2-3,10,12-16,31H,1,4-9H2. The predicted octanol–water partition coefficient (Wildman–Crippen LogP) is 1.66. The smallest absolute Gasteiger partial charge is 0.128 e. The van der Waals surface area contributed by atoms with Gasteiger partial charge < -0.3 is 10.0 Å². The number of aliphatic hydroxyl groups is 1. The molecule has 10 heteroatoms. The van der Waals surface area contributed by atoms with Crippen molar-refractivity contribution in [2.45, 2.75) is 6.54 Å². The van der Waals surface area contributed by atoms with Crippen LogP contribution in [-0.2, 0) is 16.1 Å². The maximum Gasteiger partial charge on any atom is 0.128 e. The third kappa shape index (κ3) is 4.08. The molecule has 1 aliphatic rings. The molecular weight excluding hydrogens is 438 g/mol. The van der Waals surface area contributed by atoms with Crippen LogP contribution in [-0.4, -0.2) is 70.8 Å². The lowest BCUT2D eigenvalue weighted by atomic mass is 10.0. The molecule has 0 spiro atoms. The number of rotatable bonds is 5. The first-order valence-electron chi connectivity index (χ1n) is 10.6. The van der Waals surface area contributed by atoms with Gasteiger partial charge in [-0.2, -0.15) is 15.5 Å². The zero-order valence-corrected chi connectivity index (χ0v) is 18.8. The van der Waals surface area contributed by atoms with Gasteiger partial charge in [0.2, 0.25) is 0 Å². The number of aliphatic hydroxyl groups excluding tert-OH is 1. The summed E-state index contributed by atoms with van der Waals surface area (Å²) in [6, 6.07) is 8.17. The minimum atomic E-state index is -1.96. The number of nitriles is 1. The SMILES string of the molecule is C=S1(=O)CCN(c2ccc(-c3cc(-c4cnn(CCO)c4)cn4ncc(C#N)c34)cn2)CC1. The van der Waals surface area contributed by atoms with Gasteiger partial charge in [0.15, 0.2) is 0 Å². The molecule has 5 rings (SSSR count). The van der Waals surface area contributed by atoms with E-state index in [4.69, 9.17) is 0 Å². The Labute approximate surface area is 191 Å². The Bertz CT molecular complexity index is 1450. The molecule has 0 atom stereocenters. The molecule has 0 unspecified atom stereocenters. The van der Waals surface area contributed by atoms with Crippen LogP contribution in [0.4, 0.5) is 5.82 Å². The van der Waals surface area contributed by atoms with Crippen LogP contribution >= 0.6 is 0 Å². The number of hydrogen-bond acceptors (Lipinski definition) is 7. The van der Waals surface area contributed by atoms with Crippen LogP contribution in [0.3, 0.4) is 0 Å². The maximum atomic E-state index is 12.2. The highest BCUT2D eigenvalue weighted by Gasteiger charge is 2.19. The van der Waals surface area contributed by atoms with E-state index in [1.807, 2.05) is 30.6 Å².